The zero-order valence-corrected chi connectivity index (χ0v) is 21.0. The number of aromatic nitrogens is 3. The summed E-state index contributed by atoms with van der Waals surface area (Å²) in [7, 11) is -2.06. The lowest BCUT2D eigenvalue weighted by molar-refractivity contribution is -0.141. The van der Waals surface area contributed by atoms with Crippen LogP contribution in [-0.2, 0) is 17.3 Å². The first kappa shape index (κ1) is 24.8. The second-order valence-corrected chi connectivity index (χ2v) is 13.8. The molecule has 1 aliphatic rings. The third-order valence-electron chi connectivity index (χ3n) is 6.01. The molecule has 6 nitrogen and oxygen atoms in total. The average molecular weight is 510 g/mol. The molecule has 0 aliphatic carbocycles. The molecular weight excluding hydrogens is 482 g/mol. The first-order valence-corrected chi connectivity index (χ1v) is 14.0. The Labute approximate surface area is 201 Å². The lowest BCUT2D eigenvalue weighted by Crippen LogP contribution is -2.35. The monoisotopic (exact) mass is 509 g/mol. The summed E-state index contributed by atoms with van der Waals surface area (Å²) >= 11 is 1.59. The number of nitrogens with zero attached hydrogens (tertiary/aromatic N) is 4. The Morgan fingerprint density at radius 2 is 1.91 bits per heavy atom. The van der Waals surface area contributed by atoms with Gasteiger partial charge in [0.1, 0.15) is 10.7 Å². The van der Waals surface area contributed by atoms with Gasteiger partial charge in [-0.25, -0.2) is 15.0 Å². The van der Waals surface area contributed by atoms with E-state index >= 15 is 0 Å². The van der Waals surface area contributed by atoms with Crippen LogP contribution in [0, 0.1) is 6.92 Å². The maximum Gasteiger partial charge on any atom is 0.433 e. The highest BCUT2D eigenvalue weighted by molar-refractivity contribution is 7.64. The Kier molecular flexibility index (Phi) is 7.12. The van der Waals surface area contributed by atoms with Crippen LogP contribution in [0.15, 0.2) is 36.7 Å². The molecule has 0 amide bonds. The van der Waals surface area contributed by atoms with Gasteiger partial charge in [-0.15, -0.1) is 11.3 Å². The summed E-state index contributed by atoms with van der Waals surface area (Å²) in [6, 6.07) is 6.54. The summed E-state index contributed by atoms with van der Waals surface area (Å²) < 4.78 is 51.7. The SMILES string of the molecule is Cc1cc(Nc2nccc(C(F)(F)F)n2)cc(-c2cnc(CN3CCP(=O)(C(C)C)CC3)s2)c1. The standard InChI is InChI=1S/C23H27F3N5OPS/c1-15(2)33(32)8-6-31(7-9-33)14-21-28-13-19(34-21)17-10-16(3)11-18(12-17)29-22-27-5-4-20(30-22)23(24,25)26/h4-5,10-13,15H,6-9,14H2,1-3H3,(H,27,29,30). The molecule has 3 heterocycles. The van der Waals surface area contributed by atoms with Crippen LogP contribution >= 0.6 is 18.5 Å². The van der Waals surface area contributed by atoms with E-state index in [0.717, 1.165) is 65.2 Å². The number of anilines is 2. The lowest BCUT2D eigenvalue weighted by Gasteiger charge is -2.33. The number of rotatable bonds is 6. The molecule has 0 saturated carbocycles. The van der Waals surface area contributed by atoms with Crippen LogP contribution in [0.3, 0.4) is 0 Å². The van der Waals surface area contributed by atoms with E-state index in [1.165, 1.54) is 0 Å². The number of benzene rings is 1. The summed E-state index contributed by atoms with van der Waals surface area (Å²) in [6.45, 7) is 8.38. The average Bonchev–Trinajstić information content (AvgIpc) is 3.23. The Morgan fingerprint density at radius 1 is 1.18 bits per heavy atom. The fourth-order valence-corrected chi connectivity index (χ4v) is 7.38. The molecule has 0 spiro atoms. The molecule has 0 radical (unpaired) electrons. The van der Waals surface area contributed by atoms with Gasteiger partial charge >= 0.3 is 6.18 Å². The zero-order valence-electron chi connectivity index (χ0n) is 19.3. The molecular formula is C23H27F3N5OPS. The van der Waals surface area contributed by atoms with Crippen LogP contribution in [0.5, 0.6) is 0 Å². The predicted octanol–water partition coefficient (Wildman–Crippen LogP) is 6.26. The van der Waals surface area contributed by atoms with Gasteiger partial charge in [-0.1, -0.05) is 19.9 Å². The van der Waals surface area contributed by atoms with Crippen molar-refractivity contribution in [3.63, 3.8) is 0 Å². The number of hydrogen-bond donors (Lipinski definition) is 1. The van der Waals surface area contributed by atoms with Gasteiger partial charge in [0.25, 0.3) is 0 Å². The van der Waals surface area contributed by atoms with Gasteiger partial charge in [-0.05, 0) is 36.2 Å². The molecule has 2 aromatic heterocycles. The minimum absolute atomic E-state index is 0.111. The van der Waals surface area contributed by atoms with Crippen LogP contribution in [0.4, 0.5) is 24.8 Å². The summed E-state index contributed by atoms with van der Waals surface area (Å²) in [6.07, 6.45) is -0.107. The molecule has 0 unspecified atom stereocenters. The van der Waals surface area contributed by atoms with Crippen LogP contribution in [0.25, 0.3) is 10.4 Å². The smallest absolute Gasteiger partial charge is 0.324 e. The van der Waals surface area contributed by atoms with Crippen molar-refractivity contribution in [1.29, 1.82) is 0 Å². The number of thiazole rings is 1. The second-order valence-electron chi connectivity index (χ2n) is 8.86. The van der Waals surface area contributed by atoms with Crippen molar-refractivity contribution in [3.8, 4) is 10.4 Å². The van der Waals surface area contributed by atoms with Crippen LogP contribution in [-0.4, -0.2) is 50.9 Å². The number of halogens is 3. The van der Waals surface area contributed by atoms with E-state index in [1.807, 2.05) is 45.2 Å². The molecule has 1 aromatic carbocycles. The maximum atomic E-state index is 13.0. The normalized spacial score (nSPS) is 16.7. The minimum atomic E-state index is -4.53. The Morgan fingerprint density at radius 3 is 2.59 bits per heavy atom. The molecule has 3 aromatic rings. The van der Waals surface area contributed by atoms with E-state index < -0.39 is 19.0 Å². The van der Waals surface area contributed by atoms with Crippen LogP contribution in [0.2, 0.25) is 0 Å². The zero-order chi connectivity index (χ0) is 24.5. The number of alkyl halides is 3. The highest BCUT2D eigenvalue weighted by Gasteiger charge is 2.33. The van der Waals surface area contributed by atoms with Crippen molar-refractivity contribution in [2.75, 3.05) is 30.7 Å². The number of nitrogens with one attached hydrogen (secondary N) is 1. The number of hydrogen-bond acceptors (Lipinski definition) is 7. The summed E-state index contributed by atoms with van der Waals surface area (Å²) in [5.74, 6) is -0.111. The molecule has 34 heavy (non-hydrogen) atoms. The van der Waals surface area contributed by atoms with Crippen molar-refractivity contribution in [3.05, 3.63) is 52.9 Å². The lowest BCUT2D eigenvalue weighted by atomic mass is 10.1. The van der Waals surface area contributed by atoms with E-state index in [1.54, 1.807) is 11.3 Å². The maximum absolute atomic E-state index is 13.0. The Hall–Kier alpha value is -2.29. The predicted molar refractivity (Wildman–Crippen MR) is 130 cm³/mol. The molecule has 1 fully saturated rings. The van der Waals surface area contributed by atoms with Crippen molar-refractivity contribution < 1.29 is 17.7 Å². The minimum Gasteiger partial charge on any atom is -0.324 e. The van der Waals surface area contributed by atoms with Gasteiger partial charge in [0.2, 0.25) is 5.95 Å². The van der Waals surface area contributed by atoms with Crippen molar-refractivity contribution in [2.24, 2.45) is 0 Å². The first-order valence-electron chi connectivity index (χ1n) is 11.1. The van der Waals surface area contributed by atoms with Gasteiger partial charge in [0, 0.05) is 49.2 Å². The summed E-state index contributed by atoms with van der Waals surface area (Å²) in [4.78, 5) is 15.3. The first-order chi connectivity index (χ1) is 16.0. The molecule has 182 valence electrons. The van der Waals surface area contributed by atoms with Gasteiger partial charge in [0.15, 0.2) is 0 Å². The molecule has 4 rings (SSSR count). The molecule has 0 atom stereocenters. The van der Waals surface area contributed by atoms with Gasteiger partial charge in [0.05, 0.1) is 18.6 Å². The highest BCUT2D eigenvalue weighted by Crippen LogP contribution is 2.52. The molecule has 1 N–H and O–H groups in total. The van der Waals surface area contributed by atoms with E-state index in [2.05, 4.69) is 25.2 Å². The topological polar surface area (TPSA) is 71.0 Å². The fraction of sp³-hybridized carbons (Fsp3) is 0.435. The van der Waals surface area contributed by atoms with Gasteiger partial charge in [-0.3, -0.25) is 4.90 Å². The van der Waals surface area contributed by atoms with E-state index in [4.69, 9.17) is 0 Å². The largest absolute Gasteiger partial charge is 0.433 e. The van der Waals surface area contributed by atoms with E-state index in [9.17, 15) is 17.7 Å². The van der Waals surface area contributed by atoms with E-state index in [0.29, 0.717) is 5.69 Å². The number of aryl methyl sites for hydroxylation is 1. The highest BCUT2D eigenvalue weighted by atomic mass is 32.1. The molecule has 11 heteroatoms. The summed E-state index contributed by atoms with van der Waals surface area (Å²) in [5, 5.41) is 3.86. The van der Waals surface area contributed by atoms with Crippen molar-refractivity contribution in [1.82, 2.24) is 19.9 Å². The quantitative estimate of drug-likeness (QED) is 0.396. The van der Waals surface area contributed by atoms with Crippen molar-refractivity contribution in [2.45, 2.75) is 39.2 Å². The Bertz CT molecular complexity index is 1200. The Balaban J connectivity index is 1.46. The summed E-state index contributed by atoms with van der Waals surface area (Å²) in [5.41, 5.74) is 1.72. The molecule has 1 saturated heterocycles. The fourth-order valence-electron chi connectivity index (χ4n) is 3.93. The molecule has 1 aliphatic heterocycles. The third-order valence-corrected chi connectivity index (χ3v) is 10.8. The van der Waals surface area contributed by atoms with Gasteiger partial charge < -0.3 is 9.88 Å². The third kappa shape index (κ3) is 5.85. The van der Waals surface area contributed by atoms with Gasteiger partial charge in [-0.2, -0.15) is 13.2 Å². The second kappa shape index (κ2) is 9.76. The van der Waals surface area contributed by atoms with E-state index in [-0.39, 0.29) is 11.6 Å². The van der Waals surface area contributed by atoms with Crippen LogP contribution in [0.1, 0.15) is 30.1 Å². The molecule has 0 bridgehead atoms. The van der Waals surface area contributed by atoms with Crippen molar-refractivity contribution >= 4 is 30.1 Å². The van der Waals surface area contributed by atoms with Crippen LogP contribution < -0.4 is 5.32 Å².